The van der Waals surface area contributed by atoms with Crippen LogP contribution in [0.4, 0.5) is 5.69 Å². The molecule has 2 rings (SSSR count). The molecule has 1 aromatic rings. The van der Waals surface area contributed by atoms with Crippen LogP contribution in [0.25, 0.3) is 0 Å². The van der Waals surface area contributed by atoms with Crippen LogP contribution >= 0.6 is 0 Å². The number of hydrazine groups is 1. The lowest BCUT2D eigenvalue weighted by molar-refractivity contribution is 0.271. The van der Waals surface area contributed by atoms with Gasteiger partial charge in [-0.3, -0.25) is 10.8 Å². The molecule has 1 atom stereocenters. The van der Waals surface area contributed by atoms with Gasteiger partial charge in [-0.15, -0.1) is 0 Å². The molecule has 0 saturated carbocycles. The van der Waals surface area contributed by atoms with Crippen molar-refractivity contribution in [2.45, 2.75) is 23.8 Å². The number of likely N-dealkylation sites (N-methyl/N-ethyl adjacent to an activating group) is 2. The summed E-state index contributed by atoms with van der Waals surface area (Å²) in [6, 6.07) is 1.81. The van der Waals surface area contributed by atoms with Crippen molar-refractivity contribution < 1.29 is 8.42 Å². The lowest BCUT2D eigenvalue weighted by Gasteiger charge is -2.25. The second-order valence-electron chi connectivity index (χ2n) is 5.08. The van der Waals surface area contributed by atoms with E-state index in [4.69, 9.17) is 5.84 Å². The molecular weight excluding hydrogens is 278 g/mol. The predicted molar refractivity (Wildman–Crippen MR) is 77.5 cm³/mol. The summed E-state index contributed by atoms with van der Waals surface area (Å²) in [7, 11) is 0.0240. The van der Waals surface area contributed by atoms with Crippen LogP contribution in [0.5, 0.6) is 0 Å². The van der Waals surface area contributed by atoms with Gasteiger partial charge in [0.25, 0.3) is 0 Å². The van der Waals surface area contributed by atoms with Crippen molar-refractivity contribution in [2.24, 2.45) is 5.84 Å². The minimum atomic E-state index is -3.59. The van der Waals surface area contributed by atoms with Crippen molar-refractivity contribution >= 4 is 15.7 Å². The maximum Gasteiger partial charge on any atom is 0.246 e. The third kappa shape index (κ3) is 2.93. The molecule has 8 heteroatoms. The minimum Gasteiger partial charge on any atom is -0.323 e. The summed E-state index contributed by atoms with van der Waals surface area (Å²) in [4.78, 5) is 6.17. The second-order valence-corrected chi connectivity index (χ2v) is 7.09. The zero-order valence-electron chi connectivity index (χ0n) is 11.8. The molecule has 2 heterocycles. The van der Waals surface area contributed by atoms with Gasteiger partial charge in [0, 0.05) is 32.0 Å². The molecule has 1 aromatic heterocycles. The number of nitrogens with one attached hydrogen (secondary N) is 1. The first-order chi connectivity index (χ1) is 9.46. The SMILES string of the molecule is CN1CCCC1CN(C)S(=O)(=O)c1cnccc1NN. The van der Waals surface area contributed by atoms with Gasteiger partial charge < -0.3 is 10.3 Å². The third-order valence-electron chi connectivity index (χ3n) is 3.77. The summed E-state index contributed by atoms with van der Waals surface area (Å²) < 4.78 is 26.5. The number of anilines is 1. The van der Waals surface area contributed by atoms with E-state index in [1.54, 1.807) is 13.1 Å². The molecule has 1 fully saturated rings. The van der Waals surface area contributed by atoms with Gasteiger partial charge in [-0.2, -0.15) is 4.31 Å². The monoisotopic (exact) mass is 299 g/mol. The Morgan fingerprint density at radius 1 is 1.60 bits per heavy atom. The highest BCUT2D eigenvalue weighted by molar-refractivity contribution is 7.89. The van der Waals surface area contributed by atoms with E-state index >= 15 is 0 Å². The van der Waals surface area contributed by atoms with Gasteiger partial charge in [0.05, 0.1) is 5.69 Å². The fourth-order valence-electron chi connectivity index (χ4n) is 2.48. The topological polar surface area (TPSA) is 91.6 Å². The van der Waals surface area contributed by atoms with E-state index in [0.717, 1.165) is 19.4 Å². The molecule has 0 bridgehead atoms. The Balaban J connectivity index is 2.21. The minimum absolute atomic E-state index is 0.102. The fraction of sp³-hybridized carbons (Fsp3) is 0.583. The smallest absolute Gasteiger partial charge is 0.246 e. The van der Waals surface area contributed by atoms with Crippen LogP contribution < -0.4 is 11.3 Å². The summed E-state index contributed by atoms with van der Waals surface area (Å²) in [5, 5.41) is 0. The first kappa shape index (κ1) is 15.2. The molecule has 7 nitrogen and oxygen atoms in total. The molecule has 1 aliphatic heterocycles. The van der Waals surface area contributed by atoms with Crippen LogP contribution in [0.2, 0.25) is 0 Å². The molecule has 0 spiro atoms. The fourth-order valence-corrected chi connectivity index (χ4v) is 3.78. The lowest BCUT2D eigenvalue weighted by atomic mass is 10.2. The number of likely N-dealkylation sites (tertiary alicyclic amines) is 1. The summed E-state index contributed by atoms with van der Waals surface area (Å²) >= 11 is 0. The maximum absolute atomic E-state index is 12.6. The third-order valence-corrected chi connectivity index (χ3v) is 5.62. The molecule has 0 radical (unpaired) electrons. The van der Waals surface area contributed by atoms with Crippen LogP contribution in [-0.2, 0) is 10.0 Å². The van der Waals surface area contributed by atoms with Crippen LogP contribution in [0.15, 0.2) is 23.4 Å². The number of aromatic nitrogens is 1. The van der Waals surface area contributed by atoms with E-state index in [1.807, 2.05) is 7.05 Å². The highest BCUT2D eigenvalue weighted by Crippen LogP contribution is 2.24. The van der Waals surface area contributed by atoms with Crippen LogP contribution in [0.3, 0.4) is 0 Å². The van der Waals surface area contributed by atoms with Crippen molar-refractivity contribution in [3.63, 3.8) is 0 Å². The lowest BCUT2D eigenvalue weighted by Crippen LogP contribution is -2.39. The highest BCUT2D eigenvalue weighted by Gasteiger charge is 2.29. The molecule has 0 aromatic carbocycles. The average molecular weight is 299 g/mol. The molecule has 1 saturated heterocycles. The zero-order chi connectivity index (χ0) is 14.8. The Kier molecular flexibility index (Phi) is 4.59. The van der Waals surface area contributed by atoms with Crippen LogP contribution in [-0.4, -0.2) is 55.8 Å². The zero-order valence-corrected chi connectivity index (χ0v) is 12.6. The van der Waals surface area contributed by atoms with E-state index in [0.29, 0.717) is 12.2 Å². The van der Waals surface area contributed by atoms with E-state index in [1.165, 1.54) is 16.7 Å². The quantitative estimate of drug-likeness (QED) is 0.591. The normalized spacial score (nSPS) is 20.5. The number of hydrogen-bond donors (Lipinski definition) is 2. The number of rotatable bonds is 5. The van der Waals surface area contributed by atoms with Crippen molar-refractivity contribution in [1.82, 2.24) is 14.2 Å². The van der Waals surface area contributed by atoms with E-state index in [9.17, 15) is 8.42 Å². The summed E-state index contributed by atoms with van der Waals surface area (Å²) in [5.41, 5.74) is 2.76. The Labute approximate surface area is 119 Å². The molecular formula is C12H21N5O2S. The molecule has 1 aliphatic rings. The average Bonchev–Trinajstić information content (AvgIpc) is 2.84. The van der Waals surface area contributed by atoms with Gasteiger partial charge in [0.15, 0.2) is 0 Å². The first-order valence-electron chi connectivity index (χ1n) is 6.54. The van der Waals surface area contributed by atoms with Crippen molar-refractivity contribution in [3.8, 4) is 0 Å². The number of nitrogen functional groups attached to an aromatic ring is 1. The van der Waals surface area contributed by atoms with E-state index < -0.39 is 10.0 Å². The Bertz CT molecular complexity index is 563. The van der Waals surface area contributed by atoms with Gasteiger partial charge >= 0.3 is 0 Å². The van der Waals surface area contributed by atoms with Crippen molar-refractivity contribution in [2.75, 3.05) is 32.6 Å². The maximum atomic E-state index is 12.6. The molecule has 0 amide bonds. The summed E-state index contributed by atoms with van der Waals surface area (Å²) in [6.45, 7) is 1.48. The predicted octanol–water partition coefficient (Wildman–Crippen LogP) is 0.0819. The number of pyridine rings is 1. The summed E-state index contributed by atoms with van der Waals surface area (Å²) in [5.74, 6) is 5.36. The largest absolute Gasteiger partial charge is 0.323 e. The molecule has 0 aliphatic carbocycles. The number of sulfonamides is 1. The first-order valence-corrected chi connectivity index (χ1v) is 7.98. The van der Waals surface area contributed by atoms with Crippen molar-refractivity contribution in [3.05, 3.63) is 18.5 Å². The Hall–Kier alpha value is -1.22. The van der Waals surface area contributed by atoms with Crippen molar-refractivity contribution in [1.29, 1.82) is 0 Å². The number of nitrogens with zero attached hydrogens (tertiary/aromatic N) is 3. The highest BCUT2D eigenvalue weighted by atomic mass is 32.2. The summed E-state index contributed by atoms with van der Waals surface area (Å²) in [6.07, 6.45) is 4.95. The molecule has 112 valence electrons. The number of nitrogens with two attached hydrogens (primary N) is 1. The molecule has 20 heavy (non-hydrogen) atoms. The van der Waals surface area contributed by atoms with Gasteiger partial charge in [-0.05, 0) is 32.5 Å². The Morgan fingerprint density at radius 3 is 2.95 bits per heavy atom. The number of hydrogen-bond acceptors (Lipinski definition) is 6. The van der Waals surface area contributed by atoms with Crippen LogP contribution in [0.1, 0.15) is 12.8 Å². The molecule has 1 unspecified atom stereocenters. The van der Waals surface area contributed by atoms with Gasteiger partial charge in [0.2, 0.25) is 10.0 Å². The Morgan fingerprint density at radius 2 is 2.35 bits per heavy atom. The van der Waals surface area contributed by atoms with Gasteiger partial charge in [-0.25, -0.2) is 8.42 Å². The van der Waals surface area contributed by atoms with Crippen LogP contribution in [0, 0.1) is 0 Å². The van der Waals surface area contributed by atoms with Gasteiger partial charge in [-0.1, -0.05) is 0 Å². The standard InChI is InChI=1S/C12H21N5O2S/c1-16-7-3-4-10(16)9-17(2)20(18,19)12-8-14-6-5-11(12)15-13/h5-6,8,10H,3-4,7,9,13H2,1-2H3,(H,14,15). The second kappa shape index (κ2) is 6.04. The van der Waals surface area contributed by atoms with Gasteiger partial charge in [0.1, 0.15) is 4.90 Å². The van der Waals surface area contributed by atoms with E-state index in [-0.39, 0.29) is 10.9 Å². The molecule has 3 N–H and O–H groups in total. The van der Waals surface area contributed by atoms with E-state index in [2.05, 4.69) is 15.3 Å².